The van der Waals surface area contributed by atoms with E-state index >= 15 is 0 Å². The van der Waals surface area contributed by atoms with Gasteiger partial charge in [-0.1, -0.05) is 12.1 Å². The molecular weight excluding hydrogens is 242 g/mol. The molecule has 3 heteroatoms. The van der Waals surface area contributed by atoms with E-state index in [-0.39, 0.29) is 0 Å². The summed E-state index contributed by atoms with van der Waals surface area (Å²) in [6.45, 7) is 0.786. The van der Waals surface area contributed by atoms with Crippen molar-refractivity contribution in [3.05, 3.63) is 28.2 Å². The number of rotatable bonds is 3. The predicted octanol–water partition coefficient (Wildman–Crippen LogP) is 2.52. The Labute approximate surface area is 92.6 Å². The maximum Gasteiger partial charge on any atom is 0.133 e. The van der Waals surface area contributed by atoms with E-state index in [1.165, 1.54) is 12.0 Å². The van der Waals surface area contributed by atoms with Crippen LogP contribution in [0.4, 0.5) is 0 Å². The second-order valence-electron chi connectivity index (χ2n) is 3.70. The monoisotopic (exact) mass is 255 g/mol. The first kappa shape index (κ1) is 9.99. The highest BCUT2D eigenvalue weighted by Crippen LogP contribution is 2.50. The molecule has 1 aliphatic carbocycles. The first-order valence-electron chi connectivity index (χ1n) is 4.80. The fourth-order valence-electron chi connectivity index (χ4n) is 1.86. The van der Waals surface area contributed by atoms with Crippen LogP contribution in [0, 0.1) is 5.92 Å². The fraction of sp³-hybridized carbons (Fsp3) is 0.455. The van der Waals surface area contributed by atoms with Gasteiger partial charge in [-0.25, -0.2) is 0 Å². The minimum atomic E-state index is 0.629. The van der Waals surface area contributed by atoms with Crippen molar-refractivity contribution in [2.75, 3.05) is 13.7 Å². The number of hydrogen-bond acceptors (Lipinski definition) is 2. The number of nitrogens with two attached hydrogens (primary N) is 1. The third-order valence-electron chi connectivity index (χ3n) is 2.84. The van der Waals surface area contributed by atoms with Crippen molar-refractivity contribution < 1.29 is 4.74 Å². The van der Waals surface area contributed by atoms with Crippen molar-refractivity contribution in [3.63, 3.8) is 0 Å². The molecule has 1 aromatic carbocycles. The molecule has 1 saturated carbocycles. The van der Waals surface area contributed by atoms with Gasteiger partial charge >= 0.3 is 0 Å². The summed E-state index contributed by atoms with van der Waals surface area (Å²) in [5.41, 5.74) is 6.97. The molecule has 0 spiro atoms. The number of ether oxygens (including phenoxy) is 1. The molecule has 2 nitrogen and oxygen atoms in total. The zero-order valence-electron chi connectivity index (χ0n) is 8.16. The summed E-state index contributed by atoms with van der Waals surface area (Å²) in [5.74, 6) is 2.20. The Morgan fingerprint density at radius 1 is 1.57 bits per heavy atom. The zero-order chi connectivity index (χ0) is 10.1. The van der Waals surface area contributed by atoms with Gasteiger partial charge in [-0.3, -0.25) is 0 Å². The summed E-state index contributed by atoms with van der Waals surface area (Å²) >= 11 is 3.57. The second-order valence-corrected chi connectivity index (χ2v) is 4.49. The van der Waals surface area contributed by atoms with Crippen LogP contribution in [-0.4, -0.2) is 13.7 Å². The molecule has 1 aromatic rings. The fourth-order valence-corrected chi connectivity index (χ4v) is 2.58. The van der Waals surface area contributed by atoms with Gasteiger partial charge in [-0.05, 0) is 52.4 Å². The summed E-state index contributed by atoms with van der Waals surface area (Å²) in [6, 6.07) is 6.14. The average Bonchev–Trinajstić information content (AvgIpc) is 2.97. The standard InChI is InChI=1S/C11H14BrNO/c1-14-10-4-2-3-8(11(10)12)9-5-7(9)6-13/h2-4,7,9H,5-6,13H2,1H3. The minimum absolute atomic E-state index is 0.629. The highest BCUT2D eigenvalue weighted by Gasteiger charge is 2.38. The third-order valence-corrected chi connectivity index (χ3v) is 3.69. The Hall–Kier alpha value is -0.540. The summed E-state index contributed by atoms with van der Waals surface area (Å²) in [6.07, 6.45) is 1.21. The average molecular weight is 256 g/mol. The van der Waals surface area contributed by atoms with Crippen LogP contribution in [0.25, 0.3) is 0 Å². The van der Waals surface area contributed by atoms with Gasteiger partial charge in [0.2, 0.25) is 0 Å². The molecule has 1 aliphatic rings. The Morgan fingerprint density at radius 2 is 2.36 bits per heavy atom. The molecule has 0 aromatic heterocycles. The third kappa shape index (κ3) is 1.66. The largest absolute Gasteiger partial charge is 0.496 e. The Balaban J connectivity index is 2.26. The van der Waals surface area contributed by atoms with Crippen molar-refractivity contribution in [2.45, 2.75) is 12.3 Å². The Morgan fingerprint density at radius 3 is 2.93 bits per heavy atom. The smallest absolute Gasteiger partial charge is 0.133 e. The van der Waals surface area contributed by atoms with Crippen LogP contribution in [0.15, 0.2) is 22.7 Å². The first-order valence-corrected chi connectivity index (χ1v) is 5.59. The van der Waals surface area contributed by atoms with Gasteiger partial charge < -0.3 is 10.5 Å². The van der Waals surface area contributed by atoms with Gasteiger partial charge in [0.1, 0.15) is 5.75 Å². The van der Waals surface area contributed by atoms with Crippen molar-refractivity contribution in [3.8, 4) is 5.75 Å². The zero-order valence-corrected chi connectivity index (χ0v) is 9.75. The molecule has 2 rings (SSSR count). The van der Waals surface area contributed by atoms with Crippen molar-refractivity contribution in [1.29, 1.82) is 0 Å². The molecular formula is C11H14BrNO. The summed E-state index contributed by atoms with van der Waals surface area (Å²) < 4.78 is 6.34. The van der Waals surface area contributed by atoms with E-state index in [4.69, 9.17) is 10.5 Å². The number of benzene rings is 1. The lowest BCUT2D eigenvalue weighted by molar-refractivity contribution is 0.411. The molecule has 0 heterocycles. The van der Waals surface area contributed by atoms with E-state index in [0.717, 1.165) is 16.8 Å². The van der Waals surface area contributed by atoms with Crippen LogP contribution in [-0.2, 0) is 0 Å². The molecule has 0 radical (unpaired) electrons. The van der Waals surface area contributed by atoms with Crippen molar-refractivity contribution in [2.24, 2.45) is 11.7 Å². The van der Waals surface area contributed by atoms with Gasteiger partial charge in [0.05, 0.1) is 11.6 Å². The summed E-state index contributed by atoms with van der Waals surface area (Å²) in [4.78, 5) is 0. The van der Waals surface area contributed by atoms with E-state index < -0.39 is 0 Å². The molecule has 2 atom stereocenters. The predicted molar refractivity (Wildman–Crippen MR) is 60.6 cm³/mol. The molecule has 0 amide bonds. The van der Waals surface area contributed by atoms with Crippen LogP contribution >= 0.6 is 15.9 Å². The highest BCUT2D eigenvalue weighted by atomic mass is 79.9. The lowest BCUT2D eigenvalue weighted by Crippen LogP contribution is -2.02. The lowest BCUT2D eigenvalue weighted by Gasteiger charge is -2.08. The van der Waals surface area contributed by atoms with Gasteiger partial charge in [0.25, 0.3) is 0 Å². The molecule has 1 fully saturated rings. The summed E-state index contributed by atoms with van der Waals surface area (Å²) in [5, 5.41) is 0. The van der Waals surface area contributed by atoms with Gasteiger partial charge in [-0.2, -0.15) is 0 Å². The molecule has 76 valence electrons. The normalized spacial score (nSPS) is 24.8. The summed E-state index contributed by atoms with van der Waals surface area (Å²) in [7, 11) is 1.69. The van der Waals surface area contributed by atoms with E-state index in [1.54, 1.807) is 7.11 Å². The van der Waals surface area contributed by atoms with Gasteiger partial charge in [-0.15, -0.1) is 0 Å². The topological polar surface area (TPSA) is 35.2 Å². The molecule has 2 N–H and O–H groups in total. The van der Waals surface area contributed by atoms with E-state index in [1.807, 2.05) is 12.1 Å². The molecule has 0 bridgehead atoms. The Kier molecular flexibility index (Phi) is 2.79. The SMILES string of the molecule is COc1cccc(C2CC2CN)c1Br. The van der Waals surface area contributed by atoms with Crippen molar-refractivity contribution >= 4 is 15.9 Å². The van der Waals surface area contributed by atoms with Crippen LogP contribution in [0.5, 0.6) is 5.75 Å². The maximum absolute atomic E-state index is 5.64. The highest BCUT2D eigenvalue weighted by molar-refractivity contribution is 9.10. The van der Waals surface area contributed by atoms with Gasteiger partial charge in [0.15, 0.2) is 0 Å². The lowest BCUT2D eigenvalue weighted by atomic mass is 10.1. The quantitative estimate of drug-likeness (QED) is 0.901. The maximum atomic E-state index is 5.64. The van der Waals surface area contributed by atoms with Crippen LogP contribution in [0.1, 0.15) is 17.9 Å². The number of methoxy groups -OCH3 is 1. The van der Waals surface area contributed by atoms with Crippen LogP contribution in [0.3, 0.4) is 0 Å². The first-order chi connectivity index (χ1) is 6.77. The van der Waals surface area contributed by atoms with E-state index in [2.05, 4.69) is 22.0 Å². The van der Waals surface area contributed by atoms with Crippen LogP contribution < -0.4 is 10.5 Å². The molecule has 2 unspecified atom stereocenters. The number of hydrogen-bond donors (Lipinski definition) is 1. The minimum Gasteiger partial charge on any atom is -0.496 e. The van der Waals surface area contributed by atoms with Crippen LogP contribution in [0.2, 0.25) is 0 Å². The van der Waals surface area contributed by atoms with E-state index in [0.29, 0.717) is 11.8 Å². The Bertz CT molecular complexity index is 340. The van der Waals surface area contributed by atoms with Gasteiger partial charge in [0, 0.05) is 0 Å². The van der Waals surface area contributed by atoms with Crippen molar-refractivity contribution in [1.82, 2.24) is 0 Å². The van der Waals surface area contributed by atoms with E-state index in [9.17, 15) is 0 Å². The molecule has 14 heavy (non-hydrogen) atoms. The molecule has 0 aliphatic heterocycles. The number of halogens is 1. The second kappa shape index (κ2) is 3.91. The molecule has 0 saturated heterocycles.